The zero-order valence-electron chi connectivity index (χ0n) is 22.2. The number of rotatable bonds is 5. The molecule has 0 N–H and O–H groups in total. The maximum absolute atomic E-state index is 6.78. The molecule has 3 saturated carbocycles. The Bertz CT molecular complexity index is 668. The number of nitrogens with zero attached hydrogens (tertiary/aromatic N) is 1. The van der Waals surface area contributed by atoms with Crippen molar-refractivity contribution in [2.24, 2.45) is 34.0 Å². The van der Waals surface area contributed by atoms with Gasteiger partial charge in [0.15, 0.2) is 6.29 Å². The largest absolute Gasteiger partial charge is 0.378 e. The second-order valence-electron chi connectivity index (χ2n) is 13.7. The van der Waals surface area contributed by atoms with Gasteiger partial charge in [-0.15, -0.1) is 0 Å². The lowest BCUT2D eigenvalue weighted by Crippen LogP contribution is -2.63. The lowest BCUT2D eigenvalue weighted by atomic mass is 9.42. The molecule has 0 aromatic carbocycles. The van der Waals surface area contributed by atoms with Crippen molar-refractivity contribution in [2.75, 3.05) is 33.4 Å². The van der Waals surface area contributed by atoms with E-state index in [4.69, 9.17) is 14.2 Å². The van der Waals surface area contributed by atoms with Crippen molar-refractivity contribution in [3.8, 4) is 0 Å². The van der Waals surface area contributed by atoms with Gasteiger partial charge in [0.25, 0.3) is 0 Å². The third-order valence-electron chi connectivity index (χ3n) is 11.2. The van der Waals surface area contributed by atoms with Crippen LogP contribution in [0.15, 0.2) is 0 Å². The van der Waals surface area contributed by atoms with E-state index in [1.165, 1.54) is 83.7 Å². The Balaban J connectivity index is 1.26. The van der Waals surface area contributed by atoms with E-state index in [1.807, 2.05) is 0 Å². The molecule has 5 rings (SSSR count). The summed E-state index contributed by atoms with van der Waals surface area (Å²) in [4.78, 5) is 2.43. The summed E-state index contributed by atoms with van der Waals surface area (Å²) in [7, 11) is 2.23. The predicted octanol–water partition coefficient (Wildman–Crippen LogP) is 6.28. The average molecular weight is 462 g/mol. The summed E-state index contributed by atoms with van der Waals surface area (Å²) >= 11 is 0. The molecule has 0 radical (unpaired) electrons. The van der Waals surface area contributed by atoms with Crippen LogP contribution in [0.2, 0.25) is 0 Å². The highest BCUT2D eigenvalue weighted by atomic mass is 16.7. The molecule has 0 aromatic heterocycles. The zero-order valence-corrected chi connectivity index (χ0v) is 22.2. The van der Waals surface area contributed by atoms with Crippen molar-refractivity contribution in [1.82, 2.24) is 4.90 Å². The van der Waals surface area contributed by atoms with Gasteiger partial charge >= 0.3 is 0 Å². The molecule has 6 atom stereocenters. The molecule has 0 aromatic rings. The Hall–Kier alpha value is -0.160. The first-order valence-electron chi connectivity index (χ1n) is 14.3. The number of hydrogen-bond acceptors (Lipinski definition) is 4. The monoisotopic (exact) mass is 461 g/mol. The molecule has 2 saturated heterocycles. The molecule has 0 amide bonds. The van der Waals surface area contributed by atoms with Crippen LogP contribution >= 0.6 is 0 Å². The maximum atomic E-state index is 6.78. The molecule has 4 nitrogen and oxygen atoms in total. The van der Waals surface area contributed by atoms with Gasteiger partial charge in [0.05, 0.1) is 18.8 Å². The average Bonchev–Trinajstić information content (AvgIpc) is 3.31. The van der Waals surface area contributed by atoms with Crippen LogP contribution in [0.3, 0.4) is 0 Å². The Morgan fingerprint density at radius 3 is 2.33 bits per heavy atom. The summed E-state index contributed by atoms with van der Waals surface area (Å²) in [5.74, 6) is 2.03. The van der Waals surface area contributed by atoms with Crippen LogP contribution in [-0.2, 0) is 14.2 Å². The number of piperidine rings is 1. The summed E-state index contributed by atoms with van der Waals surface area (Å²) < 4.78 is 19.8. The predicted molar refractivity (Wildman–Crippen MR) is 133 cm³/mol. The molecule has 0 spiro atoms. The highest BCUT2D eigenvalue weighted by Crippen LogP contribution is 2.66. The third-order valence-corrected chi connectivity index (χ3v) is 11.2. The molecule has 3 aliphatic carbocycles. The van der Waals surface area contributed by atoms with Gasteiger partial charge < -0.3 is 19.1 Å². The first kappa shape index (κ1) is 24.5. The Morgan fingerprint density at radius 2 is 1.61 bits per heavy atom. The van der Waals surface area contributed by atoms with Crippen molar-refractivity contribution in [3.63, 3.8) is 0 Å². The van der Waals surface area contributed by atoms with Gasteiger partial charge in [-0.3, -0.25) is 0 Å². The zero-order chi connectivity index (χ0) is 23.3. The summed E-state index contributed by atoms with van der Waals surface area (Å²) in [6, 6.07) is 0. The minimum absolute atomic E-state index is 0.0636. The lowest BCUT2D eigenvalue weighted by molar-refractivity contribution is -0.322. The fourth-order valence-corrected chi connectivity index (χ4v) is 9.16. The van der Waals surface area contributed by atoms with Crippen LogP contribution in [0.1, 0.15) is 98.3 Å². The first-order chi connectivity index (χ1) is 15.7. The van der Waals surface area contributed by atoms with Crippen LogP contribution < -0.4 is 0 Å². The Labute approximate surface area is 203 Å². The van der Waals surface area contributed by atoms with Crippen molar-refractivity contribution in [1.29, 1.82) is 0 Å². The molecule has 0 unspecified atom stereocenters. The highest BCUT2D eigenvalue weighted by molar-refractivity contribution is 5.10. The fourth-order valence-electron chi connectivity index (χ4n) is 9.16. The number of likely N-dealkylation sites (tertiary alicyclic amines) is 1. The first-order valence-corrected chi connectivity index (χ1v) is 14.3. The van der Waals surface area contributed by atoms with Gasteiger partial charge in [0, 0.05) is 31.0 Å². The van der Waals surface area contributed by atoms with Gasteiger partial charge in [-0.05, 0) is 87.5 Å². The molecule has 5 fully saturated rings. The standard InChI is InChI=1S/C29H51NO3/c1-27(2)15-10-24-28(3,23(27)14-19-31-22-12-17-30(5)18-13-22)16-11-25-29(24,4)20-32-26(33-25)21-8-6-7-9-21/h21-26H,6-20H2,1-5H3/t23-,24+,25-,26-,28+,29+/m1/s1. The van der Waals surface area contributed by atoms with Crippen molar-refractivity contribution >= 4 is 0 Å². The Kier molecular flexibility index (Phi) is 6.97. The molecule has 2 aliphatic heterocycles. The van der Waals surface area contributed by atoms with Crippen molar-refractivity contribution < 1.29 is 14.2 Å². The quantitative estimate of drug-likeness (QED) is 0.482. The van der Waals surface area contributed by atoms with Crippen LogP contribution in [0.5, 0.6) is 0 Å². The normalized spacial score (nSPS) is 45.0. The SMILES string of the molecule is CN1CCC(OCC[C@@H]2C(C)(C)CC[C@@H]3[C@]4(C)CO[C@@H](C5CCCC5)O[C@@H]4CC[C@]32C)CC1. The van der Waals surface area contributed by atoms with Crippen molar-refractivity contribution in [3.05, 3.63) is 0 Å². The van der Waals surface area contributed by atoms with Crippen LogP contribution in [0, 0.1) is 34.0 Å². The van der Waals surface area contributed by atoms with Gasteiger partial charge in [0.2, 0.25) is 0 Å². The van der Waals surface area contributed by atoms with E-state index in [1.54, 1.807) is 0 Å². The van der Waals surface area contributed by atoms with Crippen LogP contribution in [0.4, 0.5) is 0 Å². The molecular formula is C29H51NO3. The van der Waals surface area contributed by atoms with E-state index in [9.17, 15) is 0 Å². The van der Waals surface area contributed by atoms with Gasteiger partial charge in [0.1, 0.15) is 0 Å². The summed E-state index contributed by atoms with van der Waals surface area (Å²) in [6.45, 7) is 14.4. The van der Waals surface area contributed by atoms with Crippen molar-refractivity contribution in [2.45, 2.75) is 117 Å². The smallest absolute Gasteiger partial charge is 0.160 e. The molecular weight excluding hydrogens is 410 g/mol. The molecule has 190 valence electrons. The van der Waals surface area contributed by atoms with E-state index in [2.05, 4.69) is 39.6 Å². The minimum Gasteiger partial charge on any atom is -0.378 e. The number of hydrogen-bond donors (Lipinski definition) is 0. The van der Waals surface area contributed by atoms with E-state index in [0.717, 1.165) is 13.2 Å². The summed E-state index contributed by atoms with van der Waals surface area (Å²) in [5, 5.41) is 0. The van der Waals surface area contributed by atoms with E-state index in [-0.39, 0.29) is 11.7 Å². The van der Waals surface area contributed by atoms with Crippen LogP contribution in [0.25, 0.3) is 0 Å². The van der Waals surface area contributed by atoms with E-state index >= 15 is 0 Å². The summed E-state index contributed by atoms with van der Waals surface area (Å²) in [6.07, 6.45) is 15.0. The molecule has 4 heteroatoms. The molecule has 0 bridgehead atoms. The summed E-state index contributed by atoms with van der Waals surface area (Å²) in [5.41, 5.74) is 0.898. The van der Waals surface area contributed by atoms with E-state index in [0.29, 0.717) is 40.8 Å². The fraction of sp³-hybridized carbons (Fsp3) is 1.00. The number of ether oxygens (including phenoxy) is 3. The second-order valence-corrected chi connectivity index (χ2v) is 13.7. The van der Waals surface area contributed by atoms with Gasteiger partial charge in [-0.25, -0.2) is 0 Å². The van der Waals surface area contributed by atoms with E-state index < -0.39 is 0 Å². The third kappa shape index (κ3) is 4.56. The van der Waals surface area contributed by atoms with Gasteiger partial charge in [-0.2, -0.15) is 0 Å². The molecule has 2 heterocycles. The lowest BCUT2D eigenvalue weighted by Gasteiger charge is -2.65. The minimum atomic E-state index is 0.0636. The second kappa shape index (κ2) is 9.37. The Morgan fingerprint density at radius 1 is 0.879 bits per heavy atom. The molecule has 33 heavy (non-hydrogen) atoms. The number of fused-ring (bicyclic) bond motifs is 3. The molecule has 5 aliphatic rings. The van der Waals surface area contributed by atoms with Crippen LogP contribution in [-0.4, -0.2) is 56.7 Å². The topological polar surface area (TPSA) is 30.9 Å². The van der Waals surface area contributed by atoms with Gasteiger partial charge in [-0.1, -0.05) is 40.5 Å². The highest BCUT2D eigenvalue weighted by Gasteiger charge is 2.62. The maximum Gasteiger partial charge on any atom is 0.160 e.